The lowest BCUT2D eigenvalue weighted by atomic mass is 9.90. The minimum atomic E-state index is -0.789. The average Bonchev–Trinajstić information content (AvgIpc) is 2.54. The number of methoxy groups -OCH3 is 1. The number of carbonyl (C=O) groups is 2. The molecule has 0 saturated carbocycles. The van der Waals surface area contributed by atoms with Gasteiger partial charge in [-0.3, -0.25) is 4.79 Å². The molecular formula is C16H22N2O4. The molecule has 6 nitrogen and oxygen atoms in total. The maximum atomic E-state index is 12.4. The highest BCUT2D eigenvalue weighted by Gasteiger charge is 2.35. The normalized spacial score (nSPS) is 21.3. The first-order chi connectivity index (χ1) is 10.6. The van der Waals surface area contributed by atoms with Crippen molar-refractivity contribution in [3.8, 4) is 5.88 Å². The van der Waals surface area contributed by atoms with E-state index in [9.17, 15) is 9.59 Å². The molecule has 1 aliphatic heterocycles. The molecule has 0 aromatic carbocycles. The van der Waals surface area contributed by atoms with E-state index in [1.165, 1.54) is 0 Å². The summed E-state index contributed by atoms with van der Waals surface area (Å²) in [6.07, 6.45) is 3.46. The summed E-state index contributed by atoms with van der Waals surface area (Å²) in [5.41, 5.74) is 0.927. The summed E-state index contributed by atoms with van der Waals surface area (Å²) < 4.78 is 10.00. The average molecular weight is 306 g/mol. The summed E-state index contributed by atoms with van der Waals surface area (Å²) in [5, 5.41) is 0. The van der Waals surface area contributed by atoms with Gasteiger partial charge in [-0.2, -0.15) is 0 Å². The minimum Gasteiger partial charge on any atom is -0.481 e. The Hall–Kier alpha value is -2.11. The van der Waals surface area contributed by atoms with Gasteiger partial charge in [-0.15, -0.1) is 0 Å². The highest BCUT2D eigenvalue weighted by molar-refractivity contribution is 6.32. The maximum Gasteiger partial charge on any atom is 0.397 e. The van der Waals surface area contributed by atoms with Crippen LogP contribution < -0.4 is 4.74 Å². The van der Waals surface area contributed by atoms with Gasteiger partial charge in [0.15, 0.2) is 0 Å². The standard InChI is InChI=1S/C16H22N2O4/c1-4-22-16(20)15(19)18-10-11(2)5-6-13(18)12-7-8-17-14(9-12)21-3/h7-9,11,13H,4-6,10H2,1-3H3/t11-,13+/m1/s1. The summed E-state index contributed by atoms with van der Waals surface area (Å²) in [5.74, 6) is -0.505. The highest BCUT2D eigenvalue weighted by Crippen LogP contribution is 2.34. The van der Waals surface area contributed by atoms with Crippen LogP contribution in [0.25, 0.3) is 0 Å². The van der Waals surface area contributed by atoms with E-state index in [0.717, 1.165) is 18.4 Å². The van der Waals surface area contributed by atoms with Crippen LogP contribution in [0.15, 0.2) is 18.3 Å². The third-order valence-corrected chi connectivity index (χ3v) is 3.88. The summed E-state index contributed by atoms with van der Waals surface area (Å²) in [6, 6.07) is 3.52. The molecule has 1 aromatic rings. The zero-order chi connectivity index (χ0) is 16.1. The van der Waals surface area contributed by atoms with Crippen LogP contribution in [0.1, 0.15) is 38.3 Å². The van der Waals surface area contributed by atoms with Crippen LogP contribution in [0.2, 0.25) is 0 Å². The van der Waals surface area contributed by atoms with E-state index in [1.54, 1.807) is 25.1 Å². The van der Waals surface area contributed by atoms with Crippen LogP contribution in [0.3, 0.4) is 0 Å². The molecule has 1 aromatic heterocycles. The number of carbonyl (C=O) groups excluding carboxylic acids is 2. The van der Waals surface area contributed by atoms with E-state index in [1.807, 2.05) is 12.1 Å². The third-order valence-electron chi connectivity index (χ3n) is 3.88. The first-order valence-corrected chi connectivity index (χ1v) is 7.54. The molecule has 0 bridgehead atoms. The highest BCUT2D eigenvalue weighted by atomic mass is 16.5. The Morgan fingerprint density at radius 3 is 2.86 bits per heavy atom. The van der Waals surface area contributed by atoms with Gasteiger partial charge in [-0.1, -0.05) is 6.92 Å². The third kappa shape index (κ3) is 3.55. The molecule has 0 N–H and O–H groups in total. The number of amides is 1. The van der Waals surface area contributed by atoms with E-state index < -0.39 is 11.9 Å². The van der Waals surface area contributed by atoms with Crippen LogP contribution in [-0.2, 0) is 14.3 Å². The fourth-order valence-electron chi connectivity index (χ4n) is 2.78. The van der Waals surface area contributed by atoms with E-state index in [-0.39, 0.29) is 12.6 Å². The van der Waals surface area contributed by atoms with Crippen LogP contribution in [0.5, 0.6) is 5.88 Å². The van der Waals surface area contributed by atoms with Crippen molar-refractivity contribution < 1.29 is 19.1 Å². The maximum absolute atomic E-state index is 12.4. The summed E-state index contributed by atoms with van der Waals surface area (Å²) >= 11 is 0. The Morgan fingerprint density at radius 2 is 2.18 bits per heavy atom. The number of nitrogens with zero attached hydrogens (tertiary/aromatic N) is 2. The van der Waals surface area contributed by atoms with E-state index in [4.69, 9.17) is 9.47 Å². The van der Waals surface area contributed by atoms with Gasteiger partial charge in [0.05, 0.1) is 19.8 Å². The van der Waals surface area contributed by atoms with Crippen LogP contribution in [-0.4, -0.2) is 42.0 Å². The van der Waals surface area contributed by atoms with E-state index in [2.05, 4.69) is 11.9 Å². The van der Waals surface area contributed by atoms with E-state index in [0.29, 0.717) is 18.3 Å². The molecule has 2 atom stereocenters. The predicted octanol–water partition coefficient (Wildman–Crippen LogP) is 1.95. The van der Waals surface area contributed by atoms with E-state index >= 15 is 0 Å². The number of esters is 1. The number of ether oxygens (including phenoxy) is 2. The number of likely N-dealkylation sites (tertiary alicyclic amines) is 1. The molecule has 22 heavy (non-hydrogen) atoms. The summed E-state index contributed by atoms with van der Waals surface area (Å²) in [4.78, 5) is 29.9. The molecule has 1 aliphatic rings. The van der Waals surface area contributed by atoms with Crippen molar-refractivity contribution in [3.05, 3.63) is 23.9 Å². The Kier molecular flexibility index (Phi) is 5.35. The molecule has 6 heteroatoms. The lowest BCUT2D eigenvalue weighted by molar-refractivity contribution is -0.162. The molecule has 2 rings (SSSR count). The molecule has 0 spiro atoms. The number of rotatable bonds is 3. The molecular weight excluding hydrogens is 284 g/mol. The number of pyridine rings is 1. The van der Waals surface area contributed by atoms with Crippen molar-refractivity contribution in [2.24, 2.45) is 5.92 Å². The second-order valence-corrected chi connectivity index (χ2v) is 5.51. The van der Waals surface area contributed by atoms with Crippen molar-refractivity contribution in [2.45, 2.75) is 32.7 Å². The fourth-order valence-corrected chi connectivity index (χ4v) is 2.78. The van der Waals surface area contributed by atoms with Gasteiger partial charge in [0.2, 0.25) is 5.88 Å². The summed E-state index contributed by atoms with van der Waals surface area (Å²) in [7, 11) is 1.55. The second-order valence-electron chi connectivity index (χ2n) is 5.51. The van der Waals surface area contributed by atoms with Gasteiger partial charge in [0.1, 0.15) is 0 Å². The molecule has 1 amide bonds. The molecule has 0 unspecified atom stereocenters. The van der Waals surface area contributed by atoms with Gasteiger partial charge in [0.25, 0.3) is 0 Å². The lowest BCUT2D eigenvalue weighted by Gasteiger charge is -2.38. The molecule has 120 valence electrons. The zero-order valence-electron chi connectivity index (χ0n) is 13.2. The molecule has 2 heterocycles. The first-order valence-electron chi connectivity index (χ1n) is 7.54. The SMILES string of the molecule is CCOC(=O)C(=O)N1C[C@H](C)CC[C@H]1c1ccnc(OC)c1. The van der Waals surface area contributed by atoms with Crippen molar-refractivity contribution in [2.75, 3.05) is 20.3 Å². The van der Waals surface area contributed by atoms with Crippen molar-refractivity contribution >= 4 is 11.9 Å². The van der Waals surface area contributed by atoms with Crippen LogP contribution in [0, 0.1) is 5.92 Å². The Morgan fingerprint density at radius 1 is 1.41 bits per heavy atom. The van der Waals surface area contributed by atoms with Crippen molar-refractivity contribution in [3.63, 3.8) is 0 Å². The first kappa shape index (κ1) is 16.3. The Labute approximate surface area is 130 Å². The second kappa shape index (κ2) is 7.24. The van der Waals surface area contributed by atoms with Crippen molar-refractivity contribution in [1.29, 1.82) is 0 Å². The number of piperidine rings is 1. The Bertz CT molecular complexity index is 547. The van der Waals surface area contributed by atoms with Gasteiger partial charge in [0, 0.05) is 18.8 Å². The zero-order valence-corrected chi connectivity index (χ0v) is 13.2. The van der Waals surface area contributed by atoms with Crippen LogP contribution in [0.4, 0.5) is 0 Å². The molecule has 0 aliphatic carbocycles. The quantitative estimate of drug-likeness (QED) is 0.630. The smallest absolute Gasteiger partial charge is 0.397 e. The fraction of sp³-hybridized carbons (Fsp3) is 0.562. The van der Waals surface area contributed by atoms with Gasteiger partial charge in [-0.25, -0.2) is 9.78 Å². The number of hydrogen-bond donors (Lipinski definition) is 0. The van der Waals surface area contributed by atoms with Gasteiger partial charge < -0.3 is 14.4 Å². The lowest BCUT2D eigenvalue weighted by Crippen LogP contribution is -2.45. The number of hydrogen-bond acceptors (Lipinski definition) is 5. The largest absolute Gasteiger partial charge is 0.481 e. The summed E-state index contributed by atoms with van der Waals surface area (Å²) in [6.45, 7) is 4.51. The van der Waals surface area contributed by atoms with Gasteiger partial charge >= 0.3 is 11.9 Å². The van der Waals surface area contributed by atoms with Gasteiger partial charge in [-0.05, 0) is 37.3 Å². The molecule has 1 saturated heterocycles. The monoisotopic (exact) mass is 306 g/mol. The van der Waals surface area contributed by atoms with Crippen molar-refractivity contribution in [1.82, 2.24) is 9.88 Å². The topological polar surface area (TPSA) is 68.7 Å². The minimum absolute atomic E-state index is 0.148. The molecule has 1 fully saturated rings. The number of aromatic nitrogens is 1. The van der Waals surface area contributed by atoms with Crippen LogP contribution >= 0.6 is 0 Å². The Balaban J connectivity index is 2.26. The predicted molar refractivity (Wildman–Crippen MR) is 80.3 cm³/mol. The molecule has 0 radical (unpaired) electrons.